The van der Waals surface area contributed by atoms with E-state index in [1.807, 2.05) is 24.3 Å². The third-order valence-corrected chi connectivity index (χ3v) is 4.77. The van der Waals surface area contributed by atoms with Gasteiger partial charge >= 0.3 is 5.97 Å². The quantitative estimate of drug-likeness (QED) is 0.915. The Morgan fingerprint density at radius 1 is 1.33 bits per heavy atom. The van der Waals surface area contributed by atoms with Crippen LogP contribution in [-0.4, -0.2) is 28.0 Å². The van der Waals surface area contributed by atoms with Crippen LogP contribution in [0.2, 0.25) is 0 Å². The van der Waals surface area contributed by atoms with Gasteiger partial charge in [0.1, 0.15) is 5.69 Å². The molecule has 2 aromatic rings. The van der Waals surface area contributed by atoms with Crippen LogP contribution in [0.3, 0.4) is 0 Å². The second-order valence-corrected chi connectivity index (χ2v) is 7.28. The van der Waals surface area contributed by atoms with Gasteiger partial charge in [-0.05, 0) is 35.8 Å². The van der Waals surface area contributed by atoms with Gasteiger partial charge in [-0.3, -0.25) is 4.68 Å². The average Bonchev–Trinajstić information content (AvgIpc) is 2.85. The molecule has 0 fully saturated rings. The van der Waals surface area contributed by atoms with E-state index in [0.717, 1.165) is 41.6 Å². The molecule has 0 atom stereocenters. The Labute approximate surface area is 142 Å². The summed E-state index contributed by atoms with van der Waals surface area (Å²) < 4.78 is 6.90. The zero-order valence-corrected chi connectivity index (χ0v) is 14.5. The maximum atomic E-state index is 11.9. The van der Waals surface area contributed by atoms with Crippen LogP contribution in [0.5, 0.6) is 0 Å². The van der Waals surface area contributed by atoms with Crippen molar-refractivity contribution in [1.82, 2.24) is 9.78 Å². The van der Waals surface area contributed by atoms with Crippen LogP contribution in [0, 0.1) is 5.41 Å². The van der Waals surface area contributed by atoms with E-state index >= 15 is 0 Å². The van der Waals surface area contributed by atoms with E-state index in [1.54, 1.807) is 11.8 Å². The van der Waals surface area contributed by atoms with Crippen LogP contribution in [0.25, 0.3) is 0 Å². The lowest BCUT2D eigenvalue weighted by Crippen LogP contribution is -2.23. The highest BCUT2D eigenvalue weighted by Gasteiger charge is 2.33. The number of carboxylic acid groups (broad SMARTS) is 1. The maximum Gasteiger partial charge on any atom is 0.354 e. The minimum absolute atomic E-state index is 0.124. The first-order valence-electron chi connectivity index (χ1n) is 8.29. The summed E-state index contributed by atoms with van der Waals surface area (Å²) in [5.74, 6) is -0.898. The van der Waals surface area contributed by atoms with E-state index in [-0.39, 0.29) is 5.41 Å². The Bertz CT molecular complexity index is 762. The largest absolute Gasteiger partial charge is 0.477 e. The van der Waals surface area contributed by atoms with Gasteiger partial charge in [0.05, 0.1) is 18.8 Å². The third kappa shape index (κ3) is 3.22. The second-order valence-electron chi connectivity index (χ2n) is 7.28. The van der Waals surface area contributed by atoms with Gasteiger partial charge in [0.15, 0.2) is 0 Å². The first-order chi connectivity index (χ1) is 11.4. The van der Waals surface area contributed by atoms with Crippen LogP contribution in [0.4, 0.5) is 0 Å². The van der Waals surface area contributed by atoms with Gasteiger partial charge in [0.2, 0.25) is 0 Å². The molecule has 0 unspecified atom stereocenters. The van der Waals surface area contributed by atoms with Gasteiger partial charge in [-0.2, -0.15) is 5.10 Å². The molecule has 3 rings (SSSR count). The van der Waals surface area contributed by atoms with Crippen LogP contribution < -0.4 is 0 Å². The van der Waals surface area contributed by atoms with E-state index < -0.39 is 5.97 Å². The van der Waals surface area contributed by atoms with Gasteiger partial charge in [-0.15, -0.1) is 0 Å². The monoisotopic (exact) mass is 328 g/mol. The summed E-state index contributed by atoms with van der Waals surface area (Å²) in [6.45, 7) is 5.33. The van der Waals surface area contributed by atoms with Crippen molar-refractivity contribution in [1.29, 1.82) is 0 Å². The van der Waals surface area contributed by atoms with E-state index in [0.29, 0.717) is 18.8 Å². The SMILES string of the molecule is COCc1ccccc1Cn1nc2c(c1C(=O)O)CC(C)(C)CC2. The molecule has 0 saturated carbocycles. The minimum Gasteiger partial charge on any atom is -0.477 e. The highest BCUT2D eigenvalue weighted by molar-refractivity contribution is 5.88. The minimum atomic E-state index is -0.898. The number of rotatable bonds is 5. The number of aromatic carboxylic acids is 1. The number of ether oxygens (including phenoxy) is 1. The number of carbonyl (C=O) groups is 1. The predicted molar refractivity (Wildman–Crippen MR) is 91.2 cm³/mol. The molecule has 1 aromatic heterocycles. The number of benzene rings is 1. The van der Waals surface area contributed by atoms with Crippen molar-refractivity contribution in [3.63, 3.8) is 0 Å². The summed E-state index contributed by atoms with van der Waals surface area (Å²) in [4.78, 5) is 11.9. The third-order valence-electron chi connectivity index (χ3n) is 4.77. The first-order valence-corrected chi connectivity index (χ1v) is 8.29. The number of fused-ring (bicyclic) bond motifs is 1. The molecule has 0 spiro atoms. The number of aryl methyl sites for hydroxylation is 1. The molecule has 0 saturated heterocycles. The lowest BCUT2D eigenvalue weighted by Gasteiger charge is -2.28. The standard InChI is InChI=1S/C19H24N2O3/c1-19(2)9-8-16-15(10-19)17(18(22)23)21(20-16)11-13-6-4-5-7-14(13)12-24-3/h4-7H,8-12H2,1-3H3,(H,22,23). The number of hydrogen-bond donors (Lipinski definition) is 1. The molecule has 0 aliphatic heterocycles. The lowest BCUT2D eigenvalue weighted by molar-refractivity contribution is 0.0682. The summed E-state index contributed by atoms with van der Waals surface area (Å²) in [6, 6.07) is 7.93. The molecule has 5 nitrogen and oxygen atoms in total. The molecule has 1 aliphatic carbocycles. The summed E-state index contributed by atoms with van der Waals surface area (Å²) in [7, 11) is 1.66. The summed E-state index contributed by atoms with van der Waals surface area (Å²) in [5, 5.41) is 14.4. The molecule has 1 heterocycles. The smallest absolute Gasteiger partial charge is 0.354 e. The number of nitrogens with zero attached hydrogens (tertiary/aromatic N) is 2. The zero-order valence-electron chi connectivity index (χ0n) is 14.5. The summed E-state index contributed by atoms with van der Waals surface area (Å²) >= 11 is 0. The molecule has 0 amide bonds. The number of hydrogen-bond acceptors (Lipinski definition) is 3. The average molecular weight is 328 g/mol. The van der Waals surface area contributed by atoms with Crippen molar-refractivity contribution in [3.05, 3.63) is 52.3 Å². The molecule has 1 aromatic carbocycles. The Kier molecular flexibility index (Phi) is 4.45. The Balaban J connectivity index is 2.01. The molecule has 1 aliphatic rings. The lowest BCUT2D eigenvalue weighted by atomic mass is 9.76. The van der Waals surface area contributed by atoms with E-state index in [1.165, 1.54) is 0 Å². The van der Waals surface area contributed by atoms with Gasteiger partial charge < -0.3 is 9.84 Å². The van der Waals surface area contributed by atoms with E-state index in [9.17, 15) is 9.90 Å². The van der Waals surface area contributed by atoms with Crippen molar-refractivity contribution < 1.29 is 14.6 Å². The Hall–Kier alpha value is -2.14. The molecule has 5 heteroatoms. The maximum absolute atomic E-state index is 11.9. The fraction of sp³-hybridized carbons (Fsp3) is 0.474. The first kappa shape index (κ1) is 16.7. The molecule has 128 valence electrons. The van der Waals surface area contributed by atoms with E-state index in [2.05, 4.69) is 18.9 Å². The molecular weight excluding hydrogens is 304 g/mol. The van der Waals surface area contributed by atoms with Gasteiger partial charge in [0, 0.05) is 12.7 Å². The molecule has 24 heavy (non-hydrogen) atoms. The fourth-order valence-corrected chi connectivity index (χ4v) is 3.48. The number of methoxy groups -OCH3 is 1. The van der Waals surface area contributed by atoms with Gasteiger partial charge in [-0.25, -0.2) is 4.79 Å². The van der Waals surface area contributed by atoms with Crippen LogP contribution in [0.15, 0.2) is 24.3 Å². The highest BCUT2D eigenvalue weighted by Crippen LogP contribution is 2.36. The molecule has 1 N–H and O–H groups in total. The van der Waals surface area contributed by atoms with Crippen LogP contribution in [0.1, 0.15) is 53.1 Å². The number of aromatic nitrogens is 2. The van der Waals surface area contributed by atoms with Crippen molar-refractivity contribution in [2.75, 3.05) is 7.11 Å². The van der Waals surface area contributed by atoms with Gasteiger partial charge in [0.25, 0.3) is 0 Å². The molecular formula is C19H24N2O3. The fourth-order valence-electron chi connectivity index (χ4n) is 3.48. The van der Waals surface area contributed by atoms with E-state index in [4.69, 9.17) is 4.74 Å². The highest BCUT2D eigenvalue weighted by atomic mass is 16.5. The van der Waals surface area contributed by atoms with Crippen molar-refractivity contribution >= 4 is 5.97 Å². The van der Waals surface area contributed by atoms with Crippen LogP contribution >= 0.6 is 0 Å². The molecule has 0 radical (unpaired) electrons. The normalized spacial score (nSPS) is 16.0. The van der Waals surface area contributed by atoms with Gasteiger partial charge in [-0.1, -0.05) is 38.1 Å². The topological polar surface area (TPSA) is 64.4 Å². The van der Waals surface area contributed by atoms with Crippen molar-refractivity contribution in [3.8, 4) is 0 Å². The summed E-state index contributed by atoms with van der Waals surface area (Å²) in [6.07, 6.45) is 2.65. The zero-order chi connectivity index (χ0) is 17.3. The Morgan fingerprint density at radius 2 is 2.04 bits per heavy atom. The molecule has 0 bridgehead atoms. The summed E-state index contributed by atoms with van der Waals surface area (Å²) in [5.41, 5.74) is 4.41. The Morgan fingerprint density at radius 3 is 2.71 bits per heavy atom. The second kappa shape index (κ2) is 6.40. The predicted octanol–water partition coefficient (Wildman–Crippen LogP) is 3.29. The van der Waals surface area contributed by atoms with Crippen molar-refractivity contribution in [2.45, 2.75) is 46.3 Å². The van der Waals surface area contributed by atoms with Crippen LogP contribution in [-0.2, 0) is 30.7 Å². The van der Waals surface area contributed by atoms with Crippen molar-refractivity contribution in [2.24, 2.45) is 5.41 Å². The number of carboxylic acids is 1.